The molecule has 19 heavy (non-hydrogen) atoms. The van der Waals surface area contributed by atoms with Crippen molar-refractivity contribution in [3.05, 3.63) is 47.0 Å². The highest BCUT2D eigenvalue weighted by molar-refractivity contribution is 6.30. The molecule has 6 heteroatoms. The van der Waals surface area contributed by atoms with Crippen LogP contribution in [0.4, 0.5) is 0 Å². The van der Waals surface area contributed by atoms with Gasteiger partial charge < -0.3 is 10.2 Å². The van der Waals surface area contributed by atoms with Crippen LogP contribution in [-0.4, -0.2) is 32.0 Å². The molecule has 0 amide bonds. The van der Waals surface area contributed by atoms with Gasteiger partial charge in [-0.3, -0.25) is 5.10 Å². The SMILES string of the molecule is CC(CO)C(O)(Cc1nc[nH]n1)c1ccc(Cl)cc1. The van der Waals surface area contributed by atoms with E-state index in [0.29, 0.717) is 16.4 Å². The molecule has 0 aliphatic carbocycles. The molecule has 2 unspecified atom stereocenters. The van der Waals surface area contributed by atoms with Crippen molar-refractivity contribution in [3.8, 4) is 0 Å². The predicted octanol–water partition coefficient (Wildman–Crippen LogP) is 1.52. The van der Waals surface area contributed by atoms with E-state index in [1.165, 1.54) is 6.33 Å². The highest BCUT2D eigenvalue weighted by Gasteiger charge is 2.36. The molecule has 1 aromatic carbocycles. The van der Waals surface area contributed by atoms with Gasteiger partial charge in [-0.2, -0.15) is 5.10 Å². The largest absolute Gasteiger partial charge is 0.396 e. The zero-order chi connectivity index (χ0) is 13.9. The van der Waals surface area contributed by atoms with E-state index in [2.05, 4.69) is 15.2 Å². The molecule has 5 nitrogen and oxygen atoms in total. The minimum Gasteiger partial charge on any atom is -0.396 e. The fourth-order valence-electron chi connectivity index (χ4n) is 2.01. The number of H-pyrrole nitrogens is 1. The Morgan fingerprint density at radius 3 is 2.58 bits per heavy atom. The van der Waals surface area contributed by atoms with Crippen LogP contribution in [-0.2, 0) is 12.0 Å². The van der Waals surface area contributed by atoms with Gasteiger partial charge in [-0.05, 0) is 17.7 Å². The second-order valence-corrected chi connectivity index (χ2v) is 5.04. The lowest BCUT2D eigenvalue weighted by Gasteiger charge is -2.33. The van der Waals surface area contributed by atoms with E-state index in [4.69, 9.17) is 11.6 Å². The molecule has 102 valence electrons. The molecular formula is C13H16ClN3O2. The zero-order valence-corrected chi connectivity index (χ0v) is 11.3. The van der Waals surface area contributed by atoms with Gasteiger partial charge in [0.05, 0.1) is 0 Å². The highest BCUT2D eigenvalue weighted by atomic mass is 35.5. The summed E-state index contributed by atoms with van der Waals surface area (Å²) >= 11 is 5.86. The number of rotatable bonds is 5. The fourth-order valence-corrected chi connectivity index (χ4v) is 2.14. The van der Waals surface area contributed by atoms with Gasteiger partial charge in [-0.25, -0.2) is 4.98 Å². The number of aliphatic hydroxyl groups is 2. The van der Waals surface area contributed by atoms with E-state index in [-0.39, 0.29) is 18.9 Å². The number of aliphatic hydroxyl groups excluding tert-OH is 1. The highest BCUT2D eigenvalue weighted by Crippen LogP contribution is 2.33. The van der Waals surface area contributed by atoms with Gasteiger partial charge in [0, 0.05) is 24.0 Å². The maximum absolute atomic E-state index is 10.9. The third kappa shape index (κ3) is 2.94. The van der Waals surface area contributed by atoms with Gasteiger partial charge in [0.25, 0.3) is 0 Å². The van der Waals surface area contributed by atoms with E-state index >= 15 is 0 Å². The van der Waals surface area contributed by atoms with Crippen molar-refractivity contribution in [1.29, 1.82) is 0 Å². The molecular weight excluding hydrogens is 266 g/mol. The van der Waals surface area contributed by atoms with Crippen LogP contribution in [0.3, 0.4) is 0 Å². The van der Waals surface area contributed by atoms with E-state index in [1.54, 1.807) is 31.2 Å². The number of nitrogens with one attached hydrogen (secondary N) is 1. The topological polar surface area (TPSA) is 82.0 Å². The second-order valence-electron chi connectivity index (χ2n) is 4.61. The number of aromatic nitrogens is 3. The first-order valence-electron chi connectivity index (χ1n) is 6.00. The third-order valence-electron chi connectivity index (χ3n) is 3.33. The van der Waals surface area contributed by atoms with E-state index < -0.39 is 5.60 Å². The molecule has 0 aliphatic heterocycles. The summed E-state index contributed by atoms with van der Waals surface area (Å²) in [5.74, 6) is 0.143. The molecule has 3 N–H and O–H groups in total. The summed E-state index contributed by atoms with van der Waals surface area (Å²) in [6.07, 6.45) is 1.68. The van der Waals surface area contributed by atoms with Gasteiger partial charge in [-0.1, -0.05) is 30.7 Å². The molecule has 2 aromatic rings. The predicted molar refractivity (Wildman–Crippen MR) is 71.7 cm³/mol. The lowest BCUT2D eigenvalue weighted by Crippen LogP contribution is -2.38. The van der Waals surface area contributed by atoms with Crippen LogP contribution in [0.5, 0.6) is 0 Å². The first-order valence-corrected chi connectivity index (χ1v) is 6.38. The molecule has 0 fully saturated rings. The summed E-state index contributed by atoms with van der Waals surface area (Å²) in [5.41, 5.74) is -0.551. The molecule has 1 heterocycles. The smallest absolute Gasteiger partial charge is 0.153 e. The van der Waals surface area contributed by atoms with Crippen LogP contribution in [0.25, 0.3) is 0 Å². The number of nitrogens with zero attached hydrogens (tertiary/aromatic N) is 2. The van der Waals surface area contributed by atoms with Crippen molar-refractivity contribution in [1.82, 2.24) is 15.2 Å². The van der Waals surface area contributed by atoms with Crippen LogP contribution in [0.2, 0.25) is 5.02 Å². The molecule has 0 bridgehead atoms. The van der Waals surface area contributed by atoms with E-state index in [1.807, 2.05) is 0 Å². The van der Waals surface area contributed by atoms with Crippen molar-refractivity contribution in [2.24, 2.45) is 5.92 Å². The van der Waals surface area contributed by atoms with Gasteiger partial charge in [0.15, 0.2) is 5.82 Å². The zero-order valence-electron chi connectivity index (χ0n) is 10.5. The Morgan fingerprint density at radius 2 is 2.05 bits per heavy atom. The molecule has 0 radical (unpaired) electrons. The van der Waals surface area contributed by atoms with Crippen LogP contribution in [0.15, 0.2) is 30.6 Å². The van der Waals surface area contributed by atoms with Crippen molar-refractivity contribution >= 4 is 11.6 Å². The summed E-state index contributed by atoms with van der Waals surface area (Å²) in [5, 5.41) is 27.5. The molecule has 0 saturated heterocycles. The molecule has 0 saturated carbocycles. The first kappa shape index (κ1) is 14.0. The van der Waals surface area contributed by atoms with Crippen molar-refractivity contribution in [2.75, 3.05) is 6.61 Å². The Bertz CT molecular complexity index is 515. The average Bonchev–Trinajstić information content (AvgIpc) is 2.91. The van der Waals surface area contributed by atoms with Crippen LogP contribution in [0, 0.1) is 5.92 Å². The molecule has 0 aliphatic rings. The minimum atomic E-state index is -1.23. The van der Waals surface area contributed by atoms with Crippen LogP contribution in [0.1, 0.15) is 18.3 Å². The normalized spacial score (nSPS) is 16.0. The molecule has 2 rings (SSSR count). The average molecular weight is 282 g/mol. The van der Waals surface area contributed by atoms with Gasteiger partial charge >= 0.3 is 0 Å². The number of halogens is 1. The summed E-state index contributed by atoms with van der Waals surface area (Å²) in [6.45, 7) is 1.64. The summed E-state index contributed by atoms with van der Waals surface area (Å²) in [7, 11) is 0. The summed E-state index contributed by atoms with van der Waals surface area (Å²) in [6, 6.07) is 6.93. The molecule has 2 atom stereocenters. The van der Waals surface area contributed by atoms with Gasteiger partial charge in [0.1, 0.15) is 11.9 Å². The minimum absolute atomic E-state index is 0.135. The Hall–Kier alpha value is -1.43. The van der Waals surface area contributed by atoms with Crippen molar-refractivity contribution in [3.63, 3.8) is 0 Å². The number of hydrogen-bond donors (Lipinski definition) is 3. The third-order valence-corrected chi connectivity index (χ3v) is 3.58. The van der Waals surface area contributed by atoms with E-state index in [0.717, 1.165) is 0 Å². The number of benzene rings is 1. The van der Waals surface area contributed by atoms with E-state index in [9.17, 15) is 10.2 Å². The Balaban J connectivity index is 2.36. The Labute approximate surface area is 116 Å². The maximum Gasteiger partial charge on any atom is 0.153 e. The number of aromatic amines is 1. The first-order chi connectivity index (χ1) is 9.06. The fraction of sp³-hybridized carbons (Fsp3) is 0.385. The lowest BCUT2D eigenvalue weighted by molar-refractivity contribution is -0.0389. The van der Waals surface area contributed by atoms with Gasteiger partial charge in [-0.15, -0.1) is 0 Å². The monoisotopic (exact) mass is 281 g/mol. The van der Waals surface area contributed by atoms with Crippen molar-refractivity contribution < 1.29 is 10.2 Å². The molecule has 0 spiro atoms. The van der Waals surface area contributed by atoms with Crippen molar-refractivity contribution in [2.45, 2.75) is 18.9 Å². The van der Waals surface area contributed by atoms with Crippen LogP contribution < -0.4 is 0 Å². The lowest BCUT2D eigenvalue weighted by atomic mass is 9.80. The van der Waals surface area contributed by atoms with Gasteiger partial charge in [0.2, 0.25) is 0 Å². The second kappa shape index (κ2) is 5.69. The standard InChI is InChI=1S/C13H16ClN3O2/c1-9(7-18)13(19,6-12-15-8-16-17-12)10-2-4-11(14)5-3-10/h2-5,8-9,18-19H,6-7H2,1H3,(H,15,16,17). The maximum atomic E-state index is 10.9. The quantitative estimate of drug-likeness (QED) is 0.776. The Morgan fingerprint density at radius 1 is 1.37 bits per heavy atom. The number of hydrogen-bond acceptors (Lipinski definition) is 4. The van der Waals surface area contributed by atoms with Crippen LogP contribution >= 0.6 is 11.6 Å². The summed E-state index contributed by atoms with van der Waals surface area (Å²) < 4.78 is 0. The summed E-state index contributed by atoms with van der Waals surface area (Å²) in [4.78, 5) is 4.03. The molecule has 1 aromatic heterocycles. The Kier molecular flexibility index (Phi) is 4.19.